The zero-order valence-electron chi connectivity index (χ0n) is 35.6. The molecule has 4 aliphatic heterocycles. The highest BCUT2D eigenvalue weighted by atomic mass is 16.5. The molecule has 0 atom stereocenters. The van der Waals surface area contributed by atoms with Gasteiger partial charge in [-0.2, -0.15) is 5.10 Å². The molecule has 3 aromatic heterocycles. The number of ether oxygens (including phenoxy) is 1. The van der Waals surface area contributed by atoms with E-state index in [0.29, 0.717) is 31.5 Å². The van der Waals surface area contributed by atoms with Crippen molar-refractivity contribution in [1.82, 2.24) is 34.3 Å². The van der Waals surface area contributed by atoms with E-state index in [9.17, 15) is 14.4 Å². The molecule has 5 aromatic rings. The van der Waals surface area contributed by atoms with Crippen molar-refractivity contribution < 1.29 is 19.1 Å². The summed E-state index contributed by atoms with van der Waals surface area (Å²) in [4.78, 5) is 52.8. The van der Waals surface area contributed by atoms with Crippen LogP contribution in [0, 0.1) is 12.8 Å². The van der Waals surface area contributed by atoms with E-state index in [0.717, 1.165) is 123 Å². The van der Waals surface area contributed by atoms with Crippen LogP contribution in [0.2, 0.25) is 0 Å². The number of fused-ring (bicyclic) bond motifs is 3. The summed E-state index contributed by atoms with van der Waals surface area (Å²) in [6.45, 7) is 11.4. The normalized spacial score (nSPS) is 21.1. The van der Waals surface area contributed by atoms with Crippen LogP contribution in [0.3, 0.4) is 0 Å². The second-order valence-corrected chi connectivity index (χ2v) is 17.6. The Morgan fingerprint density at radius 1 is 0.885 bits per heavy atom. The van der Waals surface area contributed by atoms with Crippen molar-refractivity contribution in [3.63, 3.8) is 0 Å². The summed E-state index contributed by atoms with van der Waals surface area (Å²) in [5.74, 6) is 2.39. The fraction of sp³-hybridized carbons (Fsp3) is 0.468. The maximum absolute atomic E-state index is 12.7. The first kappa shape index (κ1) is 39.3. The number of aryl methyl sites for hydroxylation is 1. The number of imide groups is 1. The molecule has 5 aliphatic rings. The standard InChI is InChI=1S/C47H56N10O4/c1-31-39(7-4-8-40(31)56-20-16-45(59)49-47(56)60)52-24-22-51(23-25-52)28-33-9-12-36(13-10-33)57-42-15-19-53(32(2)58)29-38(42)46(50-57)55-18-5-6-35-26-34(11-14-41(35)55)37-27-44-48-17-21-54(44)30-43(37)61-3/h4,7-8,11,14,17,21,26-27,30,33,36H,5-6,9-10,12-13,15-16,18-20,22-25,28-29H2,1-3H3,(H,49,59,60). The molecule has 4 amide bonds. The number of hydrogen-bond donors (Lipinski definition) is 1. The lowest BCUT2D eigenvalue weighted by molar-refractivity contribution is -0.129. The number of carbonyl (C=O) groups is 3. The van der Waals surface area contributed by atoms with Crippen LogP contribution in [-0.2, 0) is 29.0 Å². The molecule has 1 aliphatic carbocycles. The third-order valence-electron chi connectivity index (χ3n) is 14.0. The average Bonchev–Trinajstić information content (AvgIpc) is 3.91. The number of methoxy groups -OCH3 is 1. The maximum Gasteiger partial charge on any atom is 0.328 e. The predicted octanol–water partition coefficient (Wildman–Crippen LogP) is 6.50. The lowest BCUT2D eigenvalue weighted by Gasteiger charge is -2.40. The Balaban J connectivity index is 0.822. The summed E-state index contributed by atoms with van der Waals surface area (Å²) in [5.41, 5.74) is 11.2. The van der Waals surface area contributed by atoms with E-state index in [4.69, 9.17) is 9.84 Å². The van der Waals surface area contributed by atoms with Gasteiger partial charge in [-0.3, -0.25) is 29.4 Å². The molecule has 0 bridgehead atoms. The Labute approximate surface area is 357 Å². The van der Waals surface area contributed by atoms with E-state index in [-0.39, 0.29) is 17.8 Å². The number of piperazine rings is 1. The molecule has 3 fully saturated rings. The molecule has 2 saturated heterocycles. The Morgan fingerprint density at radius 2 is 1.70 bits per heavy atom. The van der Waals surface area contributed by atoms with E-state index >= 15 is 0 Å². The zero-order chi connectivity index (χ0) is 41.8. The number of amides is 4. The van der Waals surface area contributed by atoms with Crippen LogP contribution < -0.4 is 24.8 Å². The molecule has 7 heterocycles. The molecule has 1 N–H and O–H groups in total. The molecule has 318 valence electrons. The second-order valence-electron chi connectivity index (χ2n) is 17.6. The SMILES string of the molecule is COc1cn2ccnc2cc1-c1ccc2c(c1)CCCN2c1nn(C2CCC(CN3CCN(c4cccc(N5CCC(=O)NC5=O)c4C)CC3)CC2)c2c1CN(C(C)=O)CC2. The van der Waals surface area contributed by atoms with E-state index in [1.54, 1.807) is 18.9 Å². The minimum absolute atomic E-state index is 0.117. The van der Waals surface area contributed by atoms with Gasteiger partial charge in [0.15, 0.2) is 5.82 Å². The largest absolute Gasteiger partial charge is 0.495 e. The van der Waals surface area contributed by atoms with Gasteiger partial charge in [0, 0.05) is 113 Å². The van der Waals surface area contributed by atoms with Gasteiger partial charge in [0.2, 0.25) is 11.8 Å². The second kappa shape index (κ2) is 16.2. The number of imidazole rings is 1. The molecule has 0 spiro atoms. The van der Waals surface area contributed by atoms with Gasteiger partial charge < -0.3 is 23.8 Å². The fourth-order valence-corrected chi connectivity index (χ4v) is 10.7. The van der Waals surface area contributed by atoms with Gasteiger partial charge >= 0.3 is 6.03 Å². The van der Waals surface area contributed by atoms with Crippen LogP contribution in [0.25, 0.3) is 16.8 Å². The Morgan fingerprint density at radius 3 is 2.49 bits per heavy atom. The number of pyridine rings is 1. The first-order valence-corrected chi connectivity index (χ1v) is 22.2. The summed E-state index contributed by atoms with van der Waals surface area (Å²) in [6, 6.07) is 15.0. The number of nitrogens with zero attached hydrogens (tertiary/aromatic N) is 9. The molecule has 2 aromatic carbocycles. The van der Waals surface area contributed by atoms with Gasteiger partial charge in [-0.05, 0) is 98.4 Å². The van der Waals surface area contributed by atoms with Crippen LogP contribution in [0.15, 0.2) is 61.1 Å². The number of carbonyl (C=O) groups excluding carboxylic acids is 3. The van der Waals surface area contributed by atoms with Gasteiger partial charge in [-0.25, -0.2) is 9.78 Å². The van der Waals surface area contributed by atoms with Crippen molar-refractivity contribution in [2.75, 3.05) is 74.2 Å². The molecular formula is C47H56N10O4. The molecular weight excluding hydrogens is 769 g/mol. The van der Waals surface area contributed by atoms with Gasteiger partial charge in [0.25, 0.3) is 0 Å². The van der Waals surface area contributed by atoms with Crippen LogP contribution >= 0.6 is 0 Å². The lowest BCUT2D eigenvalue weighted by atomic mass is 9.85. The summed E-state index contributed by atoms with van der Waals surface area (Å²) >= 11 is 0. The van der Waals surface area contributed by atoms with Crippen LogP contribution in [0.1, 0.15) is 73.9 Å². The average molecular weight is 825 g/mol. The maximum atomic E-state index is 12.7. The highest BCUT2D eigenvalue weighted by Gasteiger charge is 2.35. The molecule has 14 nitrogen and oxygen atoms in total. The van der Waals surface area contributed by atoms with Crippen molar-refractivity contribution in [3.8, 4) is 16.9 Å². The predicted molar refractivity (Wildman–Crippen MR) is 236 cm³/mol. The highest BCUT2D eigenvalue weighted by molar-refractivity contribution is 6.06. The van der Waals surface area contributed by atoms with Crippen molar-refractivity contribution >= 4 is 46.4 Å². The first-order valence-electron chi connectivity index (χ1n) is 22.2. The lowest BCUT2D eigenvalue weighted by Crippen LogP contribution is -2.50. The van der Waals surface area contributed by atoms with Gasteiger partial charge in [0.05, 0.1) is 31.6 Å². The number of aromatic nitrogens is 4. The van der Waals surface area contributed by atoms with Crippen molar-refractivity contribution in [2.24, 2.45) is 5.92 Å². The Kier molecular flexibility index (Phi) is 10.4. The molecule has 61 heavy (non-hydrogen) atoms. The van der Waals surface area contributed by atoms with E-state index in [2.05, 4.69) is 66.9 Å². The van der Waals surface area contributed by atoms with Gasteiger partial charge in [0.1, 0.15) is 11.4 Å². The Hall–Kier alpha value is -5.89. The van der Waals surface area contributed by atoms with Crippen LogP contribution in [-0.4, -0.2) is 106 Å². The summed E-state index contributed by atoms with van der Waals surface area (Å²) in [6.07, 6.45) is 13.5. The summed E-state index contributed by atoms with van der Waals surface area (Å²) in [5, 5.41) is 7.98. The third kappa shape index (κ3) is 7.38. The molecule has 0 unspecified atom stereocenters. The van der Waals surface area contributed by atoms with Crippen LogP contribution in [0.4, 0.5) is 27.7 Å². The fourth-order valence-electron chi connectivity index (χ4n) is 10.7. The first-order chi connectivity index (χ1) is 29.7. The van der Waals surface area contributed by atoms with E-state index in [1.807, 2.05) is 40.0 Å². The van der Waals surface area contributed by atoms with Gasteiger partial charge in [-0.15, -0.1) is 0 Å². The third-order valence-corrected chi connectivity index (χ3v) is 14.0. The minimum Gasteiger partial charge on any atom is -0.495 e. The number of benzene rings is 2. The van der Waals surface area contributed by atoms with E-state index in [1.165, 1.54) is 35.3 Å². The highest BCUT2D eigenvalue weighted by Crippen LogP contribution is 2.43. The number of nitrogens with one attached hydrogen (secondary N) is 1. The number of urea groups is 1. The smallest absolute Gasteiger partial charge is 0.328 e. The molecule has 14 heteroatoms. The molecule has 0 radical (unpaired) electrons. The van der Waals surface area contributed by atoms with Crippen molar-refractivity contribution in [1.29, 1.82) is 0 Å². The van der Waals surface area contributed by atoms with Crippen molar-refractivity contribution in [2.45, 2.75) is 77.8 Å². The Bertz CT molecular complexity index is 2490. The monoisotopic (exact) mass is 824 g/mol. The quantitative estimate of drug-likeness (QED) is 0.187. The molecule has 1 saturated carbocycles. The van der Waals surface area contributed by atoms with E-state index < -0.39 is 0 Å². The zero-order valence-corrected chi connectivity index (χ0v) is 35.6. The minimum atomic E-state index is -0.339. The van der Waals surface area contributed by atoms with Crippen molar-refractivity contribution in [3.05, 3.63) is 83.4 Å². The van der Waals surface area contributed by atoms with Gasteiger partial charge in [-0.1, -0.05) is 12.1 Å². The summed E-state index contributed by atoms with van der Waals surface area (Å²) < 4.78 is 10.2. The number of rotatable bonds is 8. The molecule has 10 rings (SSSR count). The summed E-state index contributed by atoms with van der Waals surface area (Å²) in [7, 11) is 1.72. The topological polar surface area (TPSA) is 124 Å². The number of anilines is 4. The number of hydrogen-bond acceptors (Lipinski definition) is 9. The van der Waals surface area contributed by atoms with Crippen LogP contribution in [0.5, 0.6) is 5.75 Å².